The molecule has 0 heterocycles. The molecule has 0 aromatic rings. The first-order valence-electron chi connectivity index (χ1n) is 6.97. The summed E-state index contributed by atoms with van der Waals surface area (Å²) in [5.74, 6) is 0. The zero-order valence-electron chi connectivity index (χ0n) is 12.1. The second kappa shape index (κ2) is 10.9. The number of nitrogens with zero attached hydrogens (tertiary/aromatic N) is 2. The third-order valence-electron chi connectivity index (χ3n) is 3.37. The van der Waals surface area contributed by atoms with Crippen LogP contribution in [0.4, 0.5) is 0 Å². The predicted molar refractivity (Wildman–Crippen MR) is 76.8 cm³/mol. The van der Waals surface area contributed by atoms with Crippen molar-refractivity contribution in [2.75, 3.05) is 40.3 Å². The van der Waals surface area contributed by atoms with E-state index in [4.69, 9.17) is 0 Å². The minimum absolute atomic E-state index is 1.06. The molecule has 0 unspecified atom stereocenters. The Morgan fingerprint density at radius 2 is 1.38 bits per heavy atom. The molecule has 96 valence electrons. The van der Waals surface area contributed by atoms with Gasteiger partial charge in [-0.25, -0.2) is 0 Å². The van der Waals surface area contributed by atoms with Crippen molar-refractivity contribution in [2.45, 2.75) is 39.7 Å². The molecule has 0 aliphatic heterocycles. The van der Waals surface area contributed by atoms with Crippen molar-refractivity contribution in [1.29, 1.82) is 0 Å². The van der Waals surface area contributed by atoms with Crippen LogP contribution in [0.25, 0.3) is 0 Å². The second-order valence-corrected chi connectivity index (χ2v) is 14.8. The number of hydrogen-bond acceptors (Lipinski definition) is 2. The Bertz CT molecular complexity index is 147. The van der Waals surface area contributed by atoms with Gasteiger partial charge in [-0.3, -0.25) is 0 Å². The Kier molecular flexibility index (Phi) is 11.5. The Balaban J connectivity index is 3.39. The van der Waals surface area contributed by atoms with Crippen molar-refractivity contribution in [3.8, 4) is 0 Å². The summed E-state index contributed by atoms with van der Waals surface area (Å²) < 4.78 is 5.81. The van der Waals surface area contributed by atoms with Gasteiger partial charge in [0, 0.05) is 0 Å². The molecule has 2 nitrogen and oxygen atoms in total. The molecule has 0 N–H and O–H groups in total. The molecule has 0 amide bonds. The molecule has 16 heavy (non-hydrogen) atoms. The van der Waals surface area contributed by atoms with E-state index >= 15 is 0 Å². The molecule has 0 radical (unpaired) electrons. The first kappa shape index (κ1) is 16.8. The molecule has 0 rings (SSSR count). The standard InChI is InChI=1S/C7H16N.C5H12N.CH3.In/c1-4-7-8(5-2)6-3;1-4-5-6(2)3;;/h1,4-7H2,2-3H3;1,4-5H2,2-3H3;1H3;. The van der Waals surface area contributed by atoms with Crippen LogP contribution in [0.1, 0.15) is 26.7 Å². The average molecular weight is 330 g/mol. The normalized spacial score (nSPS) is 11.4. The van der Waals surface area contributed by atoms with Gasteiger partial charge in [-0.1, -0.05) is 0 Å². The van der Waals surface area contributed by atoms with Crippen LogP contribution in [0.5, 0.6) is 0 Å². The number of rotatable bonds is 10. The van der Waals surface area contributed by atoms with Crippen LogP contribution in [-0.4, -0.2) is 71.5 Å². The number of hydrogen-bond donors (Lipinski definition) is 0. The van der Waals surface area contributed by atoms with E-state index in [0.29, 0.717) is 0 Å². The Morgan fingerprint density at radius 1 is 0.875 bits per heavy atom. The van der Waals surface area contributed by atoms with Crippen LogP contribution in [0, 0.1) is 0 Å². The summed E-state index contributed by atoms with van der Waals surface area (Å²) in [5, 5.41) is 0. The van der Waals surface area contributed by atoms with Gasteiger partial charge in [-0.15, -0.1) is 0 Å². The van der Waals surface area contributed by atoms with E-state index in [1.807, 2.05) is 0 Å². The Hall–Kier alpha value is 0.790. The molecule has 0 fully saturated rings. The first-order chi connectivity index (χ1) is 7.60. The average Bonchev–Trinajstić information content (AvgIpc) is 2.24. The predicted octanol–water partition coefficient (Wildman–Crippen LogP) is 2.79. The van der Waals surface area contributed by atoms with Crippen LogP contribution >= 0.6 is 0 Å². The molecule has 0 aliphatic rings. The summed E-state index contributed by atoms with van der Waals surface area (Å²) in [6.07, 6.45) is 2.90. The van der Waals surface area contributed by atoms with Crippen molar-refractivity contribution in [3.63, 3.8) is 0 Å². The Labute approximate surface area is 111 Å². The van der Waals surface area contributed by atoms with Crippen molar-refractivity contribution in [3.05, 3.63) is 0 Å². The van der Waals surface area contributed by atoms with E-state index in [1.54, 1.807) is 8.35 Å². The Morgan fingerprint density at radius 3 is 1.81 bits per heavy atom. The van der Waals surface area contributed by atoms with Gasteiger partial charge in [0.05, 0.1) is 0 Å². The monoisotopic (exact) mass is 330 g/mol. The van der Waals surface area contributed by atoms with E-state index in [1.165, 1.54) is 39.0 Å². The van der Waals surface area contributed by atoms with E-state index in [2.05, 4.69) is 42.4 Å². The van der Waals surface area contributed by atoms with Gasteiger partial charge in [-0.2, -0.15) is 0 Å². The first-order valence-corrected chi connectivity index (χ1v) is 14.9. The zero-order valence-corrected chi connectivity index (χ0v) is 15.4. The molecular weight excluding hydrogens is 299 g/mol. The molecule has 0 aromatic heterocycles. The van der Waals surface area contributed by atoms with Crippen LogP contribution in [-0.2, 0) is 0 Å². The summed E-state index contributed by atoms with van der Waals surface area (Å²) in [5.41, 5.74) is 0. The minimum atomic E-state index is -1.06. The van der Waals surface area contributed by atoms with E-state index in [0.717, 1.165) is 0 Å². The van der Waals surface area contributed by atoms with E-state index in [9.17, 15) is 0 Å². The second-order valence-electron chi connectivity index (χ2n) is 5.22. The van der Waals surface area contributed by atoms with Crippen molar-refractivity contribution < 1.29 is 0 Å². The third-order valence-corrected chi connectivity index (χ3v) is 11.3. The summed E-state index contributed by atoms with van der Waals surface area (Å²) in [7, 11) is 4.36. The third kappa shape index (κ3) is 9.98. The molecule has 0 spiro atoms. The van der Waals surface area contributed by atoms with Gasteiger partial charge in [0.25, 0.3) is 0 Å². The van der Waals surface area contributed by atoms with Gasteiger partial charge >= 0.3 is 111 Å². The fraction of sp³-hybridized carbons (Fsp3) is 1.00. The van der Waals surface area contributed by atoms with Crippen LogP contribution in [0.15, 0.2) is 0 Å². The SMILES string of the molecule is CCN(CC)CC[CH2][In]([CH3])[CH2]CCN(C)C. The molecule has 0 saturated heterocycles. The molecular formula is C13H31InN2. The molecule has 0 aliphatic carbocycles. The summed E-state index contributed by atoms with van der Waals surface area (Å²) in [6.45, 7) is 9.61. The van der Waals surface area contributed by atoms with Crippen molar-refractivity contribution >= 4 is 21.4 Å². The summed E-state index contributed by atoms with van der Waals surface area (Å²) >= 11 is -1.06. The topological polar surface area (TPSA) is 6.48 Å². The zero-order chi connectivity index (χ0) is 12.4. The van der Waals surface area contributed by atoms with Crippen LogP contribution < -0.4 is 0 Å². The molecule has 0 aromatic carbocycles. The van der Waals surface area contributed by atoms with Gasteiger partial charge in [0.15, 0.2) is 0 Å². The molecule has 0 saturated carbocycles. The summed E-state index contributed by atoms with van der Waals surface area (Å²) in [4.78, 5) is 4.87. The van der Waals surface area contributed by atoms with Crippen LogP contribution in [0.3, 0.4) is 0 Å². The maximum absolute atomic E-state index is 2.61. The van der Waals surface area contributed by atoms with Crippen molar-refractivity contribution in [2.24, 2.45) is 0 Å². The van der Waals surface area contributed by atoms with Gasteiger partial charge in [-0.05, 0) is 0 Å². The summed E-state index contributed by atoms with van der Waals surface area (Å²) in [6, 6.07) is 0. The van der Waals surface area contributed by atoms with Crippen molar-refractivity contribution in [1.82, 2.24) is 9.80 Å². The molecule has 0 atom stereocenters. The quantitative estimate of drug-likeness (QED) is 0.608. The van der Waals surface area contributed by atoms with E-state index in [-0.39, 0.29) is 0 Å². The van der Waals surface area contributed by atoms with Gasteiger partial charge in [0.1, 0.15) is 0 Å². The van der Waals surface area contributed by atoms with Gasteiger partial charge < -0.3 is 0 Å². The fourth-order valence-electron chi connectivity index (χ4n) is 2.10. The maximum atomic E-state index is 2.61. The fourth-order valence-corrected chi connectivity index (χ4v) is 7.95. The molecule has 0 bridgehead atoms. The van der Waals surface area contributed by atoms with Crippen LogP contribution in [0.2, 0.25) is 13.0 Å². The van der Waals surface area contributed by atoms with E-state index < -0.39 is 21.4 Å². The van der Waals surface area contributed by atoms with Gasteiger partial charge in [0.2, 0.25) is 0 Å². The molecule has 3 heteroatoms.